The zero-order chi connectivity index (χ0) is 17.0. The third kappa shape index (κ3) is 4.40. The molecule has 0 aliphatic carbocycles. The summed E-state index contributed by atoms with van der Waals surface area (Å²) >= 11 is 0. The molecule has 0 saturated heterocycles. The topological polar surface area (TPSA) is 66.5 Å². The summed E-state index contributed by atoms with van der Waals surface area (Å²) in [4.78, 5) is 12.3. The van der Waals surface area contributed by atoms with Crippen molar-refractivity contribution in [2.45, 2.75) is 18.7 Å². The highest BCUT2D eigenvalue weighted by molar-refractivity contribution is 7.89. The van der Waals surface area contributed by atoms with E-state index in [1.165, 1.54) is 19.2 Å². The quantitative estimate of drug-likeness (QED) is 0.915. The van der Waals surface area contributed by atoms with Gasteiger partial charge in [0.2, 0.25) is 15.9 Å². The van der Waals surface area contributed by atoms with Crippen LogP contribution in [0.1, 0.15) is 11.1 Å². The number of sulfonamides is 1. The number of carbonyl (C=O) groups is 1. The van der Waals surface area contributed by atoms with Crippen LogP contribution in [0.25, 0.3) is 0 Å². The Morgan fingerprint density at radius 1 is 1.04 bits per heavy atom. The molecule has 0 atom stereocenters. The van der Waals surface area contributed by atoms with Gasteiger partial charge in [-0.15, -0.1) is 0 Å². The predicted molar refractivity (Wildman–Crippen MR) is 90.8 cm³/mol. The van der Waals surface area contributed by atoms with E-state index in [1.807, 2.05) is 32.0 Å². The molecule has 5 nitrogen and oxygen atoms in total. The zero-order valence-corrected chi connectivity index (χ0v) is 14.2. The van der Waals surface area contributed by atoms with Crippen LogP contribution in [0.5, 0.6) is 0 Å². The number of aryl methyl sites for hydroxylation is 2. The summed E-state index contributed by atoms with van der Waals surface area (Å²) in [5.74, 6) is -0.378. The Morgan fingerprint density at radius 3 is 2.17 bits per heavy atom. The molecule has 0 spiro atoms. The van der Waals surface area contributed by atoms with E-state index in [9.17, 15) is 13.2 Å². The number of hydrogen-bond acceptors (Lipinski definition) is 3. The Labute approximate surface area is 137 Å². The van der Waals surface area contributed by atoms with Crippen molar-refractivity contribution in [3.05, 3.63) is 59.7 Å². The number of anilines is 1. The highest BCUT2D eigenvalue weighted by Gasteiger charge is 2.22. The van der Waals surface area contributed by atoms with E-state index in [-0.39, 0.29) is 17.3 Å². The first kappa shape index (κ1) is 17.2. The van der Waals surface area contributed by atoms with E-state index in [4.69, 9.17) is 0 Å². The normalized spacial score (nSPS) is 11.5. The Morgan fingerprint density at radius 2 is 1.61 bits per heavy atom. The zero-order valence-electron chi connectivity index (χ0n) is 13.4. The van der Waals surface area contributed by atoms with Gasteiger partial charge in [-0.05, 0) is 49.2 Å². The summed E-state index contributed by atoms with van der Waals surface area (Å²) in [5, 5.41) is 2.73. The average molecular weight is 332 g/mol. The van der Waals surface area contributed by atoms with Gasteiger partial charge in [-0.3, -0.25) is 4.79 Å². The second kappa shape index (κ2) is 6.93. The van der Waals surface area contributed by atoms with Gasteiger partial charge in [0.1, 0.15) is 0 Å². The largest absolute Gasteiger partial charge is 0.325 e. The lowest BCUT2D eigenvalue weighted by Crippen LogP contribution is -2.34. The van der Waals surface area contributed by atoms with Crippen LogP contribution in [0.2, 0.25) is 0 Å². The number of nitrogens with zero attached hydrogens (tertiary/aromatic N) is 1. The van der Waals surface area contributed by atoms with Crippen molar-refractivity contribution >= 4 is 21.6 Å². The molecule has 0 aliphatic rings. The third-order valence-electron chi connectivity index (χ3n) is 3.32. The molecule has 0 aromatic heterocycles. The molecule has 1 N–H and O–H groups in total. The third-order valence-corrected chi connectivity index (χ3v) is 5.14. The van der Waals surface area contributed by atoms with E-state index >= 15 is 0 Å². The lowest BCUT2D eigenvalue weighted by Gasteiger charge is -2.17. The minimum atomic E-state index is -3.67. The van der Waals surface area contributed by atoms with Gasteiger partial charge in [-0.2, -0.15) is 4.31 Å². The Bertz CT molecular complexity index is 782. The number of benzene rings is 2. The second-order valence-corrected chi connectivity index (χ2v) is 7.54. The monoisotopic (exact) mass is 332 g/mol. The molecule has 0 bridgehead atoms. The lowest BCUT2D eigenvalue weighted by molar-refractivity contribution is -0.116. The van der Waals surface area contributed by atoms with Crippen molar-refractivity contribution in [3.63, 3.8) is 0 Å². The van der Waals surface area contributed by atoms with Gasteiger partial charge in [-0.1, -0.05) is 24.3 Å². The first-order chi connectivity index (χ1) is 10.8. The van der Waals surface area contributed by atoms with Gasteiger partial charge in [-0.25, -0.2) is 8.42 Å². The minimum Gasteiger partial charge on any atom is -0.325 e. The van der Waals surface area contributed by atoms with E-state index in [0.29, 0.717) is 5.69 Å². The van der Waals surface area contributed by atoms with Gasteiger partial charge in [0.15, 0.2) is 0 Å². The second-order valence-electron chi connectivity index (χ2n) is 5.50. The predicted octanol–water partition coefficient (Wildman–Crippen LogP) is 2.56. The van der Waals surface area contributed by atoms with E-state index < -0.39 is 10.0 Å². The number of carbonyl (C=O) groups excluding carboxylic acids is 1. The molecule has 0 aliphatic heterocycles. The molecule has 0 heterocycles. The van der Waals surface area contributed by atoms with Gasteiger partial charge in [0.05, 0.1) is 11.4 Å². The summed E-state index contributed by atoms with van der Waals surface area (Å²) < 4.78 is 25.8. The van der Waals surface area contributed by atoms with Gasteiger partial charge < -0.3 is 5.32 Å². The van der Waals surface area contributed by atoms with Crippen molar-refractivity contribution in [3.8, 4) is 0 Å². The molecule has 1 amide bonds. The molecule has 2 aromatic rings. The van der Waals surface area contributed by atoms with Crippen LogP contribution in [-0.4, -0.2) is 32.2 Å². The van der Waals surface area contributed by atoms with Crippen LogP contribution >= 0.6 is 0 Å². The Hall–Kier alpha value is -2.18. The minimum absolute atomic E-state index is 0.168. The SMILES string of the molecule is Cc1cc(C)cc(NC(=O)CN(C)S(=O)(=O)c2ccccc2)c1. The smallest absolute Gasteiger partial charge is 0.243 e. The van der Waals surface area contributed by atoms with Crippen LogP contribution in [-0.2, 0) is 14.8 Å². The molecule has 0 saturated carbocycles. The van der Waals surface area contributed by atoms with Crippen LogP contribution in [0.15, 0.2) is 53.4 Å². The Kier molecular flexibility index (Phi) is 5.18. The Balaban J connectivity index is 2.08. The highest BCUT2D eigenvalue weighted by atomic mass is 32.2. The standard InChI is InChI=1S/C17H20N2O3S/c1-13-9-14(2)11-15(10-13)18-17(20)12-19(3)23(21,22)16-7-5-4-6-8-16/h4-11H,12H2,1-3H3,(H,18,20). The van der Waals surface area contributed by atoms with Gasteiger partial charge in [0.25, 0.3) is 0 Å². The first-order valence-electron chi connectivity index (χ1n) is 7.18. The maximum absolute atomic E-state index is 12.4. The van der Waals surface area contributed by atoms with E-state index in [2.05, 4.69) is 5.32 Å². The molecule has 122 valence electrons. The summed E-state index contributed by atoms with van der Waals surface area (Å²) in [6.45, 7) is 3.63. The molecular weight excluding hydrogens is 312 g/mol. The molecule has 2 aromatic carbocycles. The van der Waals surface area contributed by atoms with Crippen LogP contribution in [0, 0.1) is 13.8 Å². The molecule has 0 fully saturated rings. The van der Waals surface area contributed by atoms with Gasteiger partial charge in [0, 0.05) is 12.7 Å². The lowest BCUT2D eigenvalue weighted by atomic mass is 10.1. The molecule has 23 heavy (non-hydrogen) atoms. The van der Waals surface area contributed by atoms with Crippen LogP contribution in [0.3, 0.4) is 0 Å². The average Bonchev–Trinajstić information content (AvgIpc) is 2.46. The fourth-order valence-corrected chi connectivity index (χ4v) is 3.46. The highest BCUT2D eigenvalue weighted by Crippen LogP contribution is 2.15. The van der Waals surface area contributed by atoms with Crippen molar-refractivity contribution in [2.24, 2.45) is 0 Å². The molecule has 6 heteroatoms. The van der Waals surface area contributed by atoms with Crippen LogP contribution < -0.4 is 5.32 Å². The summed E-state index contributed by atoms with van der Waals surface area (Å²) in [6.07, 6.45) is 0. The molecule has 2 rings (SSSR count). The number of likely N-dealkylation sites (N-methyl/N-ethyl adjacent to an activating group) is 1. The van der Waals surface area contributed by atoms with E-state index in [0.717, 1.165) is 15.4 Å². The molecular formula is C17H20N2O3S. The number of rotatable bonds is 5. The van der Waals surface area contributed by atoms with Crippen molar-refractivity contribution in [1.82, 2.24) is 4.31 Å². The van der Waals surface area contributed by atoms with Crippen molar-refractivity contribution in [2.75, 3.05) is 18.9 Å². The number of amides is 1. The summed E-state index contributed by atoms with van der Waals surface area (Å²) in [7, 11) is -2.28. The van der Waals surface area contributed by atoms with Crippen LogP contribution in [0.4, 0.5) is 5.69 Å². The van der Waals surface area contributed by atoms with Crippen molar-refractivity contribution < 1.29 is 13.2 Å². The summed E-state index contributed by atoms with van der Waals surface area (Å²) in [6, 6.07) is 13.7. The maximum Gasteiger partial charge on any atom is 0.243 e. The number of hydrogen-bond donors (Lipinski definition) is 1. The summed E-state index contributed by atoms with van der Waals surface area (Å²) in [5.41, 5.74) is 2.73. The number of nitrogens with one attached hydrogen (secondary N) is 1. The van der Waals surface area contributed by atoms with E-state index in [1.54, 1.807) is 18.2 Å². The van der Waals surface area contributed by atoms with Gasteiger partial charge >= 0.3 is 0 Å². The fourth-order valence-electron chi connectivity index (χ4n) is 2.31. The fraction of sp³-hybridized carbons (Fsp3) is 0.235. The molecule has 0 unspecified atom stereocenters. The molecule has 0 radical (unpaired) electrons. The first-order valence-corrected chi connectivity index (χ1v) is 8.62. The maximum atomic E-state index is 12.4. The van der Waals surface area contributed by atoms with Crippen molar-refractivity contribution in [1.29, 1.82) is 0 Å².